The molecule has 1 amide bonds. The molecule has 1 aliphatic heterocycles. The van der Waals surface area contributed by atoms with Crippen LogP contribution in [-0.2, 0) is 0 Å². The Kier molecular flexibility index (Phi) is 5.46. The van der Waals surface area contributed by atoms with Crippen molar-refractivity contribution < 1.29 is 19.0 Å². The molecule has 0 bridgehead atoms. The molecule has 0 spiro atoms. The molecule has 0 unspecified atom stereocenters. The van der Waals surface area contributed by atoms with Crippen LogP contribution < -0.4 is 19.5 Å². The predicted octanol–water partition coefficient (Wildman–Crippen LogP) is 3.09. The van der Waals surface area contributed by atoms with Crippen molar-refractivity contribution in [2.75, 3.05) is 39.7 Å². The molecule has 0 saturated carbocycles. The van der Waals surface area contributed by atoms with Gasteiger partial charge in [0.15, 0.2) is 11.5 Å². The average molecular weight is 357 g/mol. The summed E-state index contributed by atoms with van der Waals surface area (Å²) in [6.45, 7) is 1.62. The molecule has 1 aliphatic rings. The lowest BCUT2D eigenvalue weighted by molar-refractivity contribution is 0.0792. The van der Waals surface area contributed by atoms with E-state index in [4.69, 9.17) is 14.2 Å². The van der Waals surface area contributed by atoms with Crippen molar-refractivity contribution in [1.82, 2.24) is 9.88 Å². The van der Waals surface area contributed by atoms with Crippen molar-refractivity contribution in [2.45, 2.75) is 12.8 Å². The molecule has 1 N–H and O–H groups in total. The van der Waals surface area contributed by atoms with Crippen LogP contribution in [0.15, 0.2) is 30.6 Å². The van der Waals surface area contributed by atoms with Gasteiger partial charge in [-0.15, -0.1) is 0 Å². The number of likely N-dealkylation sites (tertiary alicyclic amines) is 1. The number of hydrogen-bond acceptors (Lipinski definition) is 6. The van der Waals surface area contributed by atoms with Crippen LogP contribution in [0.4, 0.5) is 11.4 Å². The predicted molar refractivity (Wildman–Crippen MR) is 98.8 cm³/mol. The summed E-state index contributed by atoms with van der Waals surface area (Å²) in [5.41, 5.74) is 2.03. The maximum atomic E-state index is 12.5. The van der Waals surface area contributed by atoms with Crippen LogP contribution in [0.1, 0.15) is 23.2 Å². The van der Waals surface area contributed by atoms with Gasteiger partial charge in [0.05, 0.1) is 38.8 Å². The molecule has 0 aliphatic carbocycles. The Balaban J connectivity index is 1.85. The number of hydrogen-bond donors (Lipinski definition) is 1. The van der Waals surface area contributed by atoms with Crippen molar-refractivity contribution in [1.29, 1.82) is 0 Å². The minimum absolute atomic E-state index is 0.0172. The Morgan fingerprint density at radius 1 is 0.962 bits per heavy atom. The number of nitrogens with zero attached hydrogens (tertiary/aromatic N) is 2. The third-order valence-electron chi connectivity index (χ3n) is 4.33. The van der Waals surface area contributed by atoms with Crippen LogP contribution in [0.3, 0.4) is 0 Å². The molecular formula is C19H23N3O4. The van der Waals surface area contributed by atoms with Crippen molar-refractivity contribution >= 4 is 17.3 Å². The van der Waals surface area contributed by atoms with Gasteiger partial charge in [0.2, 0.25) is 5.75 Å². The number of anilines is 2. The average Bonchev–Trinajstić information content (AvgIpc) is 3.21. The molecule has 0 radical (unpaired) electrons. The van der Waals surface area contributed by atoms with Crippen molar-refractivity contribution in [3.63, 3.8) is 0 Å². The van der Waals surface area contributed by atoms with Gasteiger partial charge in [-0.3, -0.25) is 9.78 Å². The van der Waals surface area contributed by atoms with E-state index < -0.39 is 0 Å². The summed E-state index contributed by atoms with van der Waals surface area (Å²) < 4.78 is 16.1. The summed E-state index contributed by atoms with van der Waals surface area (Å²) >= 11 is 0. The first-order chi connectivity index (χ1) is 12.7. The smallest absolute Gasteiger partial charge is 0.255 e. The van der Waals surface area contributed by atoms with Gasteiger partial charge >= 0.3 is 0 Å². The van der Waals surface area contributed by atoms with E-state index in [0.29, 0.717) is 28.5 Å². The topological polar surface area (TPSA) is 72.9 Å². The van der Waals surface area contributed by atoms with Gasteiger partial charge in [-0.25, -0.2) is 0 Å². The fourth-order valence-corrected chi connectivity index (χ4v) is 3.05. The highest BCUT2D eigenvalue weighted by Crippen LogP contribution is 2.40. The molecule has 7 nitrogen and oxygen atoms in total. The van der Waals surface area contributed by atoms with E-state index in [-0.39, 0.29) is 5.91 Å². The fraction of sp³-hybridized carbons (Fsp3) is 0.368. The number of rotatable bonds is 6. The number of amides is 1. The molecule has 2 aromatic rings. The second kappa shape index (κ2) is 7.95. The second-order valence-electron chi connectivity index (χ2n) is 6.00. The SMILES string of the molecule is COc1cc(Nc2cncc(C(=O)N3CCCC3)c2)cc(OC)c1OC. The Morgan fingerprint density at radius 2 is 1.62 bits per heavy atom. The number of carbonyl (C=O) groups is 1. The van der Waals surface area contributed by atoms with Crippen molar-refractivity contribution in [3.05, 3.63) is 36.2 Å². The summed E-state index contributed by atoms with van der Waals surface area (Å²) in [4.78, 5) is 18.6. The molecule has 0 atom stereocenters. The van der Waals surface area contributed by atoms with E-state index in [1.165, 1.54) is 0 Å². The maximum absolute atomic E-state index is 12.5. The van der Waals surface area contributed by atoms with Crippen LogP contribution in [0.25, 0.3) is 0 Å². The van der Waals surface area contributed by atoms with Gasteiger partial charge in [-0.05, 0) is 18.9 Å². The first-order valence-electron chi connectivity index (χ1n) is 8.47. The highest BCUT2D eigenvalue weighted by atomic mass is 16.5. The van der Waals surface area contributed by atoms with E-state index in [9.17, 15) is 4.79 Å². The lowest BCUT2D eigenvalue weighted by Gasteiger charge is -2.17. The second-order valence-corrected chi connectivity index (χ2v) is 6.00. The van der Waals surface area contributed by atoms with E-state index in [1.807, 2.05) is 4.90 Å². The number of nitrogens with one attached hydrogen (secondary N) is 1. The zero-order valence-corrected chi connectivity index (χ0v) is 15.2. The van der Waals surface area contributed by atoms with Crippen LogP contribution >= 0.6 is 0 Å². The molecule has 2 heterocycles. The fourth-order valence-electron chi connectivity index (χ4n) is 3.05. The van der Waals surface area contributed by atoms with Crippen LogP contribution in [0.5, 0.6) is 17.2 Å². The Morgan fingerprint density at radius 3 is 2.19 bits per heavy atom. The lowest BCUT2D eigenvalue weighted by Crippen LogP contribution is -2.27. The molecule has 1 aromatic carbocycles. The van der Waals surface area contributed by atoms with Gasteiger partial charge < -0.3 is 24.4 Å². The van der Waals surface area contributed by atoms with Gasteiger partial charge in [0.1, 0.15) is 0 Å². The van der Waals surface area contributed by atoms with E-state index in [2.05, 4.69) is 10.3 Å². The zero-order valence-electron chi connectivity index (χ0n) is 15.2. The maximum Gasteiger partial charge on any atom is 0.255 e. The quantitative estimate of drug-likeness (QED) is 0.856. The molecule has 1 saturated heterocycles. The number of ether oxygens (including phenoxy) is 3. The van der Waals surface area contributed by atoms with Crippen LogP contribution in [0.2, 0.25) is 0 Å². The third kappa shape index (κ3) is 3.66. The molecule has 3 rings (SSSR count). The normalized spacial score (nSPS) is 13.4. The monoisotopic (exact) mass is 357 g/mol. The first kappa shape index (κ1) is 17.8. The van der Waals surface area contributed by atoms with Gasteiger partial charge in [-0.1, -0.05) is 0 Å². The van der Waals surface area contributed by atoms with Crippen molar-refractivity contribution in [2.24, 2.45) is 0 Å². The molecule has 26 heavy (non-hydrogen) atoms. The summed E-state index contributed by atoms with van der Waals surface area (Å²) in [5, 5.41) is 3.24. The minimum atomic E-state index is 0.0172. The van der Waals surface area contributed by atoms with E-state index in [1.54, 1.807) is 51.9 Å². The number of pyridine rings is 1. The Labute approximate surface area is 152 Å². The first-order valence-corrected chi connectivity index (χ1v) is 8.47. The summed E-state index contributed by atoms with van der Waals surface area (Å²) in [5.74, 6) is 1.64. The van der Waals surface area contributed by atoms with Gasteiger partial charge in [0.25, 0.3) is 5.91 Å². The lowest BCUT2D eigenvalue weighted by atomic mass is 10.2. The zero-order chi connectivity index (χ0) is 18.5. The summed E-state index contributed by atoms with van der Waals surface area (Å²) in [6, 6.07) is 5.41. The largest absolute Gasteiger partial charge is 0.493 e. The van der Waals surface area contributed by atoms with Gasteiger partial charge in [0, 0.05) is 37.1 Å². The molecule has 138 valence electrons. The van der Waals surface area contributed by atoms with Crippen molar-refractivity contribution in [3.8, 4) is 17.2 Å². The van der Waals surface area contributed by atoms with Crippen LogP contribution in [0, 0.1) is 0 Å². The van der Waals surface area contributed by atoms with Crippen LogP contribution in [-0.4, -0.2) is 50.2 Å². The standard InChI is InChI=1S/C19H23N3O4/c1-24-16-9-14(10-17(25-2)18(16)26-3)21-15-8-13(11-20-12-15)19(23)22-6-4-5-7-22/h8-12,21H,4-7H2,1-3H3. The molecule has 1 fully saturated rings. The Bertz CT molecular complexity index is 763. The molecular weight excluding hydrogens is 334 g/mol. The highest BCUT2D eigenvalue weighted by molar-refractivity contribution is 5.95. The Hall–Kier alpha value is -2.96. The summed E-state index contributed by atoms with van der Waals surface area (Å²) in [7, 11) is 4.70. The van der Waals surface area contributed by atoms with E-state index in [0.717, 1.165) is 31.6 Å². The number of carbonyl (C=O) groups excluding carboxylic acids is 1. The molecule has 7 heteroatoms. The number of benzene rings is 1. The van der Waals surface area contributed by atoms with E-state index >= 15 is 0 Å². The highest BCUT2D eigenvalue weighted by Gasteiger charge is 2.20. The summed E-state index contributed by atoms with van der Waals surface area (Å²) in [6.07, 6.45) is 5.38. The number of methoxy groups -OCH3 is 3. The van der Waals surface area contributed by atoms with Gasteiger partial charge in [-0.2, -0.15) is 0 Å². The minimum Gasteiger partial charge on any atom is -0.493 e. The third-order valence-corrected chi connectivity index (χ3v) is 4.33. The number of aromatic nitrogens is 1. The molecule has 1 aromatic heterocycles.